The predicted molar refractivity (Wildman–Crippen MR) is 82.4 cm³/mol. The van der Waals surface area contributed by atoms with E-state index in [0.717, 1.165) is 15.1 Å². The number of ether oxygens (including phenoxy) is 1. The van der Waals surface area contributed by atoms with E-state index in [1.807, 2.05) is 0 Å². The Morgan fingerprint density at radius 3 is 2.57 bits per heavy atom. The molecule has 0 aliphatic heterocycles. The molecule has 1 aromatic carbocycles. The fourth-order valence-electron chi connectivity index (χ4n) is 1.70. The van der Waals surface area contributed by atoms with Crippen LogP contribution in [0.25, 0.3) is 0 Å². The Bertz CT molecular complexity index is 780. The average Bonchev–Trinajstić information content (AvgIpc) is 2.85. The molecule has 0 saturated carbocycles. The van der Waals surface area contributed by atoms with Gasteiger partial charge in [-0.05, 0) is 45.8 Å². The first kappa shape index (κ1) is 16.0. The molecule has 1 N–H and O–H groups in total. The molecular weight excluding hydrogens is 380 g/mol. The lowest BCUT2D eigenvalue weighted by molar-refractivity contribution is 0.0597. The molecule has 0 saturated heterocycles. The third-order valence-electron chi connectivity index (χ3n) is 2.68. The Balaban J connectivity index is 2.28. The number of phenols is 1. The minimum Gasteiger partial charge on any atom is -0.507 e. The van der Waals surface area contributed by atoms with Crippen LogP contribution >= 0.6 is 27.3 Å². The van der Waals surface area contributed by atoms with Crippen LogP contribution in [0.2, 0.25) is 0 Å². The van der Waals surface area contributed by atoms with Crippen molar-refractivity contribution in [3.8, 4) is 5.75 Å². The number of aromatic hydroxyl groups is 1. The standard InChI is InChI=1S/C13H11BrO5S2/c1-19-13(16)9-3-2-8(6-10(9)15)7-21(17,18)12-5-4-11(14)20-12/h2-6,15H,7H2,1H3. The van der Waals surface area contributed by atoms with Gasteiger partial charge in [0.15, 0.2) is 9.84 Å². The van der Waals surface area contributed by atoms with Gasteiger partial charge in [0.1, 0.15) is 15.5 Å². The van der Waals surface area contributed by atoms with Gasteiger partial charge in [-0.3, -0.25) is 0 Å². The summed E-state index contributed by atoms with van der Waals surface area (Å²) < 4.78 is 29.9. The summed E-state index contributed by atoms with van der Waals surface area (Å²) in [6.45, 7) is 0. The number of hydrogen-bond acceptors (Lipinski definition) is 6. The second-order valence-corrected chi connectivity index (χ2v) is 8.84. The van der Waals surface area contributed by atoms with Crippen molar-refractivity contribution >= 4 is 43.1 Å². The molecule has 8 heteroatoms. The zero-order valence-corrected chi connectivity index (χ0v) is 14.1. The van der Waals surface area contributed by atoms with Gasteiger partial charge in [-0.25, -0.2) is 13.2 Å². The maximum atomic E-state index is 12.2. The van der Waals surface area contributed by atoms with E-state index in [4.69, 9.17) is 0 Å². The van der Waals surface area contributed by atoms with E-state index in [9.17, 15) is 18.3 Å². The molecule has 112 valence electrons. The molecule has 0 amide bonds. The van der Waals surface area contributed by atoms with Gasteiger partial charge in [-0.1, -0.05) is 6.07 Å². The van der Waals surface area contributed by atoms with Gasteiger partial charge in [0.25, 0.3) is 0 Å². The quantitative estimate of drug-likeness (QED) is 0.811. The summed E-state index contributed by atoms with van der Waals surface area (Å²) >= 11 is 4.34. The minimum absolute atomic E-state index is 0.00230. The van der Waals surface area contributed by atoms with Crippen LogP contribution in [0.3, 0.4) is 0 Å². The van der Waals surface area contributed by atoms with Crippen molar-refractivity contribution < 1.29 is 23.1 Å². The Kier molecular flexibility index (Phi) is 4.70. The summed E-state index contributed by atoms with van der Waals surface area (Å²) in [5.41, 5.74) is 0.391. The number of sulfone groups is 1. The van der Waals surface area contributed by atoms with Crippen molar-refractivity contribution in [1.29, 1.82) is 0 Å². The molecule has 0 aliphatic rings. The molecule has 1 aromatic heterocycles. The van der Waals surface area contributed by atoms with Gasteiger partial charge in [-0.15, -0.1) is 11.3 Å². The molecule has 0 radical (unpaired) electrons. The normalized spacial score (nSPS) is 11.3. The van der Waals surface area contributed by atoms with Crippen molar-refractivity contribution in [3.05, 3.63) is 45.2 Å². The Labute approximate surface area is 134 Å². The second kappa shape index (κ2) is 6.17. The Morgan fingerprint density at radius 2 is 2.05 bits per heavy atom. The molecule has 2 aromatic rings. The maximum Gasteiger partial charge on any atom is 0.341 e. The number of carbonyl (C=O) groups excluding carboxylic acids is 1. The number of rotatable bonds is 4. The van der Waals surface area contributed by atoms with Gasteiger partial charge < -0.3 is 9.84 Å². The maximum absolute atomic E-state index is 12.2. The SMILES string of the molecule is COC(=O)c1ccc(CS(=O)(=O)c2ccc(Br)s2)cc1O. The number of phenolic OH excluding ortho intramolecular Hbond substituents is 1. The predicted octanol–water partition coefficient (Wildman–Crippen LogP) is 2.98. The van der Waals surface area contributed by atoms with Crippen molar-refractivity contribution in [2.45, 2.75) is 9.96 Å². The van der Waals surface area contributed by atoms with Crippen LogP contribution < -0.4 is 0 Å². The number of thiophene rings is 1. The fourth-order valence-corrected chi connectivity index (χ4v) is 5.14. The van der Waals surface area contributed by atoms with Crippen LogP contribution in [0.4, 0.5) is 0 Å². The van der Waals surface area contributed by atoms with Crippen LogP contribution in [0.1, 0.15) is 15.9 Å². The van der Waals surface area contributed by atoms with Gasteiger partial charge in [-0.2, -0.15) is 0 Å². The van der Waals surface area contributed by atoms with E-state index in [2.05, 4.69) is 20.7 Å². The van der Waals surface area contributed by atoms with Crippen molar-refractivity contribution in [3.63, 3.8) is 0 Å². The third kappa shape index (κ3) is 3.63. The van der Waals surface area contributed by atoms with Gasteiger partial charge in [0.2, 0.25) is 0 Å². The van der Waals surface area contributed by atoms with E-state index in [-0.39, 0.29) is 21.3 Å². The topological polar surface area (TPSA) is 80.7 Å². The second-order valence-electron chi connectivity index (χ2n) is 4.16. The minimum atomic E-state index is -3.49. The number of hydrogen-bond donors (Lipinski definition) is 1. The molecular formula is C13H11BrO5S2. The number of esters is 1. The summed E-state index contributed by atoms with van der Waals surface area (Å²) in [4.78, 5) is 11.4. The number of carbonyl (C=O) groups is 1. The Hall–Kier alpha value is -1.38. The summed E-state index contributed by atoms with van der Waals surface area (Å²) in [7, 11) is -2.28. The first-order valence-corrected chi connectivity index (χ1v) is 8.98. The molecule has 0 aliphatic carbocycles. The summed E-state index contributed by atoms with van der Waals surface area (Å²) in [6.07, 6.45) is 0. The van der Waals surface area contributed by atoms with Crippen LogP contribution in [0.15, 0.2) is 38.3 Å². The van der Waals surface area contributed by atoms with Crippen molar-refractivity contribution in [1.82, 2.24) is 0 Å². The van der Waals surface area contributed by atoms with E-state index < -0.39 is 15.8 Å². The lowest BCUT2D eigenvalue weighted by atomic mass is 10.1. The van der Waals surface area contributed by atoms with E-state index in [1.165, 1.54) is 31.4 Å². The lowest BCUT2D eigenvalue weighted by Crippen LogP contribution is -2.05. The first-order valence-electron chi connectivity index (χ1n) is 5.72. The largest absolute Gasteiger partial charge is 0.507 e. The first-order chi connectivity index (χ1) is 9.83. The van der Waals surface area contributed by atoms with Gasteiger partial charge in [0.05, 0.1) is 16.6 Å². The summed E-state index contributed by atoms with van der Waals surface area (Å²) in [5.74, 6) is -1.24. The Morgan fingerprint density at radius 1 is 1.33 bits per heavy atom. The number of halogens is 1. The van der Waals surface area contributed by atoms with Crippen LogP contribution in [-0.2, 0) is 20.3 Å². The molecule has 0 unspecified atom stereocenters. The van der Waals surface area contributed by atoms with Crippen molar-refractivity contribution in [2.75, 3.05) is 7.11 Å². The molecule has 21 heavy (non-hydrogen) atoms. The number of methoxy groups -OCH3 is 1. The molecule has 0 atom stereocenters. The molecule has 5 nitrogen and oxygen atoms in total. The van der Waals surface area contributed by atoms with Crippen LogP contribution in [0.5, 0.6) is 5.75 Å². The highest BCUT2D eigenvalue weighted by Gasteiger charge is 2.19. The monoisotopic (exact) mass is 390 g/mol. The fraction of sp³-hybridized carbons (Fsp3) is 0.154. The molecule has 2 rings (SSSR count). The highest BCUT2D eigenvalue weighted by atomic mass is 79.9. The third-order valence-corrected chi connectivity index (χ3v) is 6.57. The van der Waals surface area contributed by atoms with Gasteiger partial charge in [0, 0.05) is 0 Å². The van der Waals surface area contributed by atoms with Crippen LogP contribution in [0, 0.1) is 0 Å². The zero-order valence-electron chi connectivity index (χ0n) is 10.9. The van der Waals surface area contributed by atoms with Crippen molar-refractivity contribution in [2.24, 2.45) is 0 Å². The van der Waals surface area contributed by atoms with Gasteiger partial charge >= 0.3 is 5.97 Å². The van der Waals surface area contributed by atoms with E-state index in [1.54, 1.807) is 6.07 Å². The number of benzene rings is 1. The molecule has 1 heterocycles. The summed E-state index contributed by atoms with van der Waals surface area (Å²) in [6, 6.07) is 7.26. The van der Waals surface area contributed by atoms with Crippen LogP contribution in [-0.4, -0.2) is 26.6 Å². The molecule has 0 spiro atoms. The smallest absolute Gasteiger partial charge is 0.341 e. The van der Waals surface area contributed by atoms with E-state index in [0.29, 0.717) is 5.56 Å². The molecule has 0 bridgehead atoms. The highest BCUT2D eigenvalue weighted by molar-refractivity contribution is 9.11. The lowest BCUT2D eigenvalue weighted by Gasteiger charge is -2.06. The zero-order chi connectivity index (χ0) is 15.6. The average molecular weight is 391 g/mol. The van der Waals surface area contributed by atoms with E-state index >= 15 is 0 Å². The molecule has 0 fully saturated rings. The summed E-state index contributed by atoms with van der Waals surface area (Å²) in [5, 5.41) is 9.76. The highest BCUT2D eigenvalue weighted by Crippen LogP contribution is 2.29.